The molecule has 1 aromatic carbocycles. The van der Waals surface area contributed by atoms with Crippen molar-refractivity contribution in [3.05, 3.63) is 41.6 Å². The Kier molecular flexibility index (Phi) is 5.15. The molecule has 0 unspecified atom stereocenters. The number of hydrogen-bond acceptors (Lipinski definition) is 5. The Morgan fingerprint density at radius 1 is 1.30 bits per heavy atom. The SMILES string of the molecule is CC(C)(C)C(=O)COc1ccc(Nc2nc(Cl)ncc2F)cc1. The average molecular weight is 338 g/mol. The number of anilines is 2. The molecule has 5 nitrogen and oxygen atoms in total. The van der Waals surface area contributed by atoms with E-state index in [2.05, 4.69) is 15.3 Å². The van der Waals surface area contributed by atoms with E-state index in [0.29, 0.717) is 11.4 Å². The van der Waals surface area contributed by atoms with Crippen LogP contribution in [0, 0.1) is 11.2 Å². The van der Waals surface area contributed by atoms with Crippen LogP contribution in [0.15, 0.2) is 30.5 Å². The Balaban J connectivity index is 2.00. The predicted molar refractivity (Wildman–Crippen MR) is 86.7 cm³/mol. The highest BCUT2D eigenvalue weighted by Crippen LogP contribution is 2.22. The normalized spacial score (nSPS) is 11.2. The predicted octanol–water partition coefficient (Wildman–Crippen LogP) is 4.01. The van der Waals surface area contributed by atoms with E-state index in [1.165, 1.54) is 0 Å². The molecule has 0 bridgehead atoms. The van der Waals surface area contributed by atoms with E-state index in [4.69, 9.17) is 16.3 Å². The lowest BCUT2D eigenvalue weighted by Crippen LogP contribution is -2.26. The highest BCUT2D eigenvalue weighted by molar-refractivity contribution is 6.28. The van der Waals surface area contributed by atoms with Gasteiger partial charge >= 0.3 is 0 Å². The van der Waals surface area contributed by atoms with Crippen molar-refractivity contribution in [2.75, 3.05) is 11.9 Å². The summed E-state index contributed by atoms with van der Waals surface area (Å²) in [6.07, 6.45) is 0.993. The molecule has 0 saturated heterocycles. The van der Waals surface area contributed by atoms with Gasteiger partial charge < -0.3 is 10.1 Å². The van der Waals surface area contributed by atoms with Crippen LogP contribution in [0.2, 0.25) is 5.28 Å². The zero-order valence-corrected chi connectivity index (χ0v) is 13.8. The van der Waals surface area contributed by atoms with Crippen LogP contribution in [0.25, 0.3) is 0 Å². The molecule has 1 heterocycles. The van der Waals surface area contributed by atoms with Gasteiger partial charge in [0.1, 0.15) is 12.4 Å². The fourth-order valence-corrected chi connectivity index (χ4v) is 1.70. The molecule has 0 aliphatic heterocycles. The lowest BCUT2D eigenvalue weighted by atomic mass is 9.91. The van der Waals surface area contributed by atoms with Crippen molar-refractivity contribution >= 4 is 28.9 Å². The molecule has 0 aliphatic carbocycles. The van der Waals surface area contributed by atoms with E-state index in [1.54, 1.807) is 24.3 Å². The van der Waals surface area contributed by atoms with E-state index in [0.717, 1.165) is 6.20 Å². The van der Waals surface area contributed by atoms with Gasteiger partial charge in [0.15, 0.2) is 17.4 Å². The second-order valence-corrected chi connectivity index (χ2v) is 6.28. The van der Waals surface area contributed by atoms with E-state index in [9.17, 15) is 9.18 Å². The van der Waals surface area contributed by atoms with E-state index >= 15 is 0 Å². The number of nitrogens with zero attached hydrogens (tertiary/aromatic N) is 2. The molecule has 122 valence electrons. The molecule has 23 heavy (non-hydrogen) atoms. The number of Topliss-reactive ketones (excluding diaryl/α,β-unsaturated/α-hetero) is 1. The second-order valence-electron chi connectivity index (χ2n) is 5.95. The Morgan fingerprint density at radius 3 is 2.57 bits per heavy atom. The van der Waals surface area contributed by atoms with E-state index in [1.807, 2.05) is 20.8 Å². The monoisotopic (exact) mass is 337 g/mol. The second kappa shape index (κ2) is 6.91. The number of ketones is 1. The van der Waals surface area contributed by atoms with Crippen LogP contribution in [0.3, 0.4) is 0 Å². The summed E-state index contributed by atoms with van der Waals surface area (Å²) in [6, 6.07) is 6.73. The van der Waals surface area contributed by atoms with Crippen LogP contribution in [0.4, 0.5) is 15.9 Å². The lowest BCUT2D eigenvalue weighted by Gasteiger charge is -2.16. The van der Waals surface area contributed by atoms with Gasteiger partial charge in [0.05, 0.1) is 6.20 Å². The maximum Gasteiger partial charge on any atom is 0.224 e. The maximum atomic E-state index is 13.5. The molecule has 0 aliphatic rings. The van der Waals surface area contributed by atoms with Gasteiger partial charge in [-0.25, -0.2) is 9.37 Å². The summed E-state index contributed by atoms with van der Waals surface area (Å²) < 4.78 is 19.0. The van der Waals surface area contributed by atoms with Crippen molar-refractivity contribution in [2.24, 2.45) is 5.41 Å². The van der Waals surface area contributed by atoms with Gasteiger partial charge in [-0.3, -0.25) is 4.79 Å². The van der Waals surface area contributed by atoms with Crippen LogP contribution in [-0.4, -0.2) is 22.4 Å². The third-order valence-electron chi connectivity index (χ3n) is 3.04. The van der Waals surface area contributed by atoms with Gasteiger partial charge in [-0.15, -0.1) is 0 Å². The van der Waals surface area contributed by atoms with Crippen LogP contribution in [-0.2, 0) is 4.79 Å². The van der Waals surface area contributed by atoms with Crippen molar-refractivity contribution in [3.63, 3.8) is 0 Å². The molecule has 2 rings (SSSR count). The highest BCUT2D eigenvalue weighted by Gasteiger charge is 2.21. The molecule has 0 radical (unpaired) electrons. The molecular weight excluding hydrogens is 321 g/mol. The molecule has 1 N–H and O–H groups in total. The van der Waals surface area contributed by atoms with Gasteiger partial charge in [-0.1, -0.05) is 20.8 Å². The summed E-state index contributed by atoms with van der Waals surface area (Å²) in [7, 11) is 0. The molecule has 0 atom stereocenters. The number of rotatable bonds is 5. The Labute approximate surface area is 138 Å². The quantitative estimate of drug-likeness (QED) is 0.835. The van der Waals surface area contributed by atoms with Gasteiger partial charge in [0.2, 0.25) is 5.28 Å². The van der Waals surface area contributed by atoms with Gasteiger partial charge in [0.25, 0.3) is 0 Å². The molecule has 0 fully saturated rings. The summed E-state index contributed by atoms with van der Waals surface area (Å²) in [5.41, 5.74) is 0.166. The molecule has 1 aromatic heterocycles. The van der Waals surface area contributed by atoms with Crippen LogP contribution >= 0.6 is 11.6 Å². The van der Waals surface area contributed by atoms with Crippen LogP contribution < -0.4 is 10.1 Å². The van der Waals surface area contributed by atoms with Crippen LogP contribution in [0.1, 0.15) is 20.8 Å². The molecule has 0 saturated carbocycles. The number of aromatic nitrogens is 2. The minimum absolute atomic E-state index is 0.00637. The minimum Gasteiger partial charge on any atom is -0.486 e. The first kappa shape index (κ1) is 17.1. The number of hydrogen-bond donors (Lipinski definition) is 1. The Morgan fingerprint density at radius 2 is 1.96 bits per heavy atom. The highest BCUT2D eigenvalue weighted by atomic mass is 35.5. The largest absolute Gasteiger partial charge is 0.486 e. The van der Waals surface area contributed by atoms with E-state index in [-0.39, 0.29) is 23.5 Å². The first-order valence-corrected chi connectivity index (χ1v) is 7.35. The maximum absolute atomic E-state index is 13.5. The Bertz CT molecular complexity index is 699. The van der Waals surface area contributed by atoms with Crippen molar-refractivity contribution in [1.82, 2.24) is 9.97 Å². The summed E-state index contributed by atoms with van der Waals surface area (Å²) in [5, 5.41) is 2.75. The van der Waals surface area contributed by atoms with Crippen LogP contribution in [0.5, 0.6) is 5.75 Å². The molecule has 0 spiro atoms. The van der Waals surface area contributed by atoms with E-state index < -0.39 is 11.2 Å². The summed E-state index contributed by atoms with van der Waals surface area (Å²) in [4.78, 5) is 19.1. The molecular formula is C16H17ClFN3O2. The standard InChI is InChI=1S/C16H17ClFN3O2/c1-16(2,3)13(22)9-23-11-6-4-10(5-7-11)20-14-12(18)8-19-15(17)21-14/h4-8H,9H2,1-3H3,(H,19,20,21). The lowest BCUT2D eigenvalue weighted by molar-refractivity contribution is -0.128. The minimum atomic E-state index is -0.606. The third-order valence-corrected chi connectivity index (χ3v) is 3.22. The van der Waals surface area contributed by atoms with Crippen molar-refractivity contribution < 1.29 is 13.9 Å². The molecule has 2 aromatic rings. The molecule has 7 heteroatoms. The van der Waals surface area contributed by atoms with Crippen molar-refractivity contribution in [3.8, 4) is 5.75 Å². The number of benzene rings is 1. The van der Waals surface area contributed by atoms with Gasteiger partial charge in [-0.2, -0.15) is 4.98 Å². The zero-order chi connectivity index (χ0) is 17.0. The first-order chi connectivity index (χ1) is 10.8. The number of halogens is 2. The number of carbonyl (C=O) groups is 1. The van der Waals surface area contributed by atoms with Gasteiger partial charge in [0, 0.05) is 11.1 Å². The fourth-order valence-electron chi connectivity index (χ4n) is 1.57. The topological polar surface area (TPSA) is 64.1 Å². The van der Waals surface area contributed by atoms with Crippen molar-refractivity contribution in [1.29, 1.82) is 0 Å². The third kappa shape index (κ3) is 4.89. The fraction of sp³-hybridized carbons (Fsp3) is 0.312. The average Bonchev–Trinajstić information content (AvgIpc) is 2.49. The van der Waals surface area contributed by atoms with Crippen molar-refractivity contribution in [2.45, 2.75) is 20.8 Å². The zero-order valence-electron chi connectivity index (χ0n) is 13.1. The first-order valence-electron chi connectivity index (χ1n) is 6.97. The Hall–Kier alpha value is -2.21. The smallest absolute Gasteiger partial charge is 0.224 e. The summed E-state index contributed by atoms with van der Waals surface area (Å²) in [5.74, 6) is -0.0566. The van der Waals surface area contributed by atoms with Gasteiger partial charge in [-0.05, 0) is 35.9 Å². The number of carbonyl (C=O) groups excluding carboxylic acids is 1. The number of nitrogens with one attached hydrogen (secondary N) is 1. The molecule has 0 amide bonds. The summed E-state index contributed by atoms with van der Waals surface area (Å²) >= 11 is 5.64. The number of ether oxygens (including phenoxy) is 1. The summed E-state index contributed by atoms with van der Waals surface area (Å²) in [6.45, 7) is 5.53.